The fraction of sp³-hybridized carbons (Fsp3) is 0.429. The zero-order valence-corrected chi connectivity index (χ0v) is 12.1. The minimum absolute atomic E-state index is 0.262. The Labute approximate surface area is 122 Å². The molecule has 1 aliphatic rings. The number of rotatable bonds is 5. The summed E-state index contributed by atoms with van der Waals surface area (Å²) in [4.78, 5) is 23.1. The van der Waals surface area contributed by atoms with E-state index in [-0.39, 0.29) is 12.5 Å². The van der Waals surface area contributed by atoms with Gasteiger partial charge in [-0.05, 0) is 25.1 Å². The molecule has 114 valence electrons. The maximum absolute atomic E-state index is 12.1. The molecule has 0 radical (unpaired) electrons. The van der Waals surface area contributed by atoms with E-state index in [1.165, 1.54) is 0 Å². The van der Waals surface area contributed by atoms with Gasteiger partial charge >= 0.3 is 6.09 Å². The van der Waals surface area contributed by atoms with Crippen molar-refractivity contribution in [1.29, 1.82) is 0 Å². The predicted octanol–water partition coefficient (Wildman–Crippen LogP) is 0.817. The smallest absolute Gasteiger partial charge is 0.408 e. The van der Waals surface area contributed by atoms with E-state index in [1.54, 1.807) is 39.3 Å². The number of amides is 2. The highest BCUT2D eigenvalue weighted by atomic mass is 16.6. The van der Waals surface area contributed by atoms with Gasteiger partial charge in [0.15, 0.2) is 0 Å². The summed E-state index contributed by atoms with van der Waals surface area (Å²) in [7, 11) is 3.12. The minimum atomic E-state index is -0.686. The van der Waals surface area contributed by atoms with Gasteiger partial charge in [0.1, 0.15) is 23.6 Å². The van der Waals surface area contributed by atoms with Gasteiger partial charge in [0.25, 0.3) is 0 Å². The Morgan fingerprint density at radius 2 is 2.14 bits per heavy atom. The number of hydrogen-bond acceptors (Lipinski definition) is 5. The Kier molecular flexibility index (Phi) is 4.52. The van der Waals surface area contributed by atoms with Gasteiger partial charge in [0.05, 0.1) is 14.2 Å². The lowest BCUT2D eigenvalue weighted by atomic mass is 10.1. The van der Waals surface area contributed by atoms with Crippen LogP contribution in [0.3, 0.4) is 0 Å². The van der Waals surface area contributed by atoms with E-state index in [9.17, 15) is 9.59 Å². The average molecular weight is 294 g/mol. The molecule has 2 amide bonds. The topological polar surface area (TPSA) is 85.9 Å². The van der Waals surface area contributed by atoms with Crippen LogP contribution in [0.25, 0.3) is 0 Å². The van der Waals surface area contributed by atoms with E-state index in [4.69, 9.17) is 14.2 Å². The first kappa shape index (κ1) is 15.0. The highest BCUT2D eigenvalue weighted by molar-refractivity contribution is 5.88. The largest absolute Gasteiger partial charge is 0.497 e. The molecule has 0 unspecified atom stereocenters. The number of ether oxygens (including phenoxy) is 3. The van der Waals surface area contributed by atoms with Crippen molar-refractivity contribution in [2.45, 2.75) is 25.6 Å². The van der Waals surface area contributed by atoms with Crippen LogP contribution in [0.15, 0.2) is 18.2 Å². The van der Waals surface area contributed by atoms with Gasteiger partial charge in [-0.3, -0.25) is 4.79 Å². The molecule has 1 fully saturated rings. The monoisotopic (exact) mass is 294 g/mol. The molecule has 0 aliphatic carbocycles. The molecule has 7 heteroatoms. The summed E-state index contributed by atoms with van der Waals surface area (Å²) in [5, 5.41) is 5.21. The number of carbonyl (C=O) groups excluding carboxylic acids is 2. The van der Waals surface area contributed by atoms with Crippen molar-refractivity contribution >= 4 is 12.0 Å². The first-order chi connectivity index (χ1) is 10.0. The summed E-state index contributed by atoms with van der Waals surface area (Å²) in [5.41, 5.74) is 0.781. The Balaban J connectivity index is 2.02. The second-order valence-corrected chi connectivity index (χ2v) is 4.63. The molecule has 1 saturated heterocycles. The highest BCUT2D eigenvalue weighted by Crippen LogP contribution is 2.23. The Morgan fingerprint density at radius 3 is 2.71 bits per heavy atom. The van der Waals surface area contributed by atoms with Crippen LogP contribution >= 0.6 is 0 Å². The minimum Gasteiger partial charge on any atom is -0.497 e. The first-order valence-electron chi connectivity index (χ1n) is 6.51. The molecule has 2 N–H and O–H groups in total. The van der Waals surface area contributed by atoms with E-state index < -0.39 is 18.2 Å². The van der Waals surface area contributed by atoms with Crippen LogP contribution in [0.5, 0.6) is 11.5 Å². The Bertz CT molecular complexity index is 546. The van der Waals surface area contributed by atoms with Crippen molar-refractivity contribution in [3.05, 3.63) is 23.8 Å². The average Bonchev–Trinajstić information content (AvgIpc) is 2.83. The zero-order chi connectivity index (χ0) is 15.4. The molecule has 2 rings (SSSR count). The summed E-state index contributed by atoms with van der Waals surface area (Å²) in [6, 6.07) is 4.64. The lowest BCUT2D eigenvalue weighted by Gasteiger charge is -2.15. The highest BCUT2D eigenvalue weighted by Gasteiger charge is 2.35. The maximum Gasteiger partial charge on any atom is 0.408 e. The molecular formula is C14H18N2O5. The van der Waals surface area contributed by atoms with Crippen molar-refractivity contribution in [3.8, 4) is 11.5 Å². The standard InChI is InChI=1S/C14H18N2O5/c1-8-12(16-14(18)21-8)13(17)15-7-9-6-10(19-2)4-5-11(9)20-3/h4-6,8,12H,7H2,1-3H3,(H,15,17)(H,16,18)/t8-,12-/m0/s1. The zero-order valence-electron chi connectivity index (χ0n) is 12.1. The quantitative estimate of drug-likeness (QED) is 0.839. The number of hydrogen-bond donors (Lipinski definition) is 2. The van der Waals surface area contributed by atoms with Crippen LogP contribution in [0.1, 0.15) is 12.5 Å². The molecule has 7 nitrogen and oxygen atoms in total. The van der Waals surface area contributed by atoms with Gasteiger partial charge in [-0.1, -0.05) is 0 Å². The van der Waals surface area contributed by atoms with Crippen molar-refractivity contribution in [1.82, 2.24) is 10.6 Å². The Morgan fingerprint density at radius 1 is 1.38 bits per heavy atom. The van der Waals surface area contributed by atoms with E-state index >= 15 is 0 Å². The summed E-state index contributed by atoms with van der Waals surface area (Å²) >= 11 is 0. The van der Waals surface area contributed by atoms with Crippen LogP contribution in [0, 0.1) is 0 Å². The molecule has 1 aromatic carbocycles. The van der Waals surface area contributed by atoms with Gasteiger partial charge < -0.3 is 24.8 Å². The summed E-state index contributed by atoms with van der Waals surface area (Å²) in [5.74, 6) is 1.01. The van der Waals surface area contributed by atoms with Crippen molar-refractivity contribution in [2.24, 2.45) is 0 Å². The van der Waals surface area contributed by atoms with Gasteiger partial charge in [0, 0.05) is 12.1 Å². The first-order valence-corrected chi connectivity index (χ1v) is 6.51. The molecule has 0 spiro atoms. The molecule has 21 heavy (non-hydrogen) atoms. The second kappa shape index (κ2) is 6.34. The van der Waals surface area contributed by atoms with Crippen LogP contribution in [0.2, 0.25) is 0 Å². The van der Waals surface area contributed by atoms with Crippen molar-refractivity contribution < 1.29 is 23.8 Å². The fourth-order valence-corrected chi connectivity index (χ4v) is 2.11. The maximum atomic E-state index is 12.1. The molecule has 0 bridgehead atoms. The third kappa shape index (κ3) is 3.36. The molecule has 1 aliphatic heterocycles. The predicted molar refractivity (Wildman–Crippen MR) is 74.3 cm³/mol. The van der Waals surface area contributed by atoms with Crippen LogP contribution in [-0.4, -0.2) is 38.4 Å². The summed E-state index contributed by atoms with van der Waals surface area (Å²) in [6.45, 7) is 1.92. The van der Waals surface area contributed by atoms with E-state index in [0.29, 0.717) is 11.5 Å². The number of alkyl carbamates (subject to hydrolysis) is 1. The molecule has 1 aromatic rings. The van der Waals surface area contributed by atoms with E-state index in [0.717, 1.165) is 5.56 Å². The summed E-state index contributed by atoms with van der Waals surface area (Å²) < 4.78 is 15.3. The van der Waals surface area contributed by atoms with E-state index in [2.05, 4.69) is 10.6 Å². The molecule has 2 atom stereocenters. The summed E-state index contributed by atoms with van der Waals surface area (Å²) in [6.07, 6.45) is -1.08. The third-order valence-corrected chi connectivity index (χ3v) is 3.26. The van der Waals surface area contributed by atoms with Crippen LogP contribution in [-0.2, 0) is 16.1 Å². The van der Waals surface area contributed by atoms with Crippen LogP contribution < -0.4 is 20.1 Å². The number of cyclic esters (lactones) is 1. The molecular weight excluding hydrogens is 276 g/mol. The SMILES string of the molecule is COc1ccc(OC)c(CNC(=O)[C@H]2NC(=O)O[C@H]2C)c1. The normalized spacial score (nSPS) is 20.4. The van der Waals surface area contributed by atoms with E-state index in [1.807, 2.05) is 0 Å². The van der Waals surface area contributed by atoms with Gasteiger partial charge in [-0.25, -0.2) is 4.79 Å². The number of carbonyl (C=O) groups is 2. The van der Waals surface area contributed by atoms with Gasteiger partial charge in [0.2, 0.25) is 5.91 Å². The lowest BCUT2D eigenvalue weighted by molar-refractivity contribution is -0.123. The fourth-order valence-electron chi connectivity index (χ4n) is 2.11. The van der Waals surface area contributed by atoms with Crippen molar-refractivity contribution in [2.75, 3.05) is 14.2 Å². The molecule has 0 aromatic heterocycles. The van der Waals surface area contributed by atoms with Crippen molar-refractivity contribution in [3.63, 3.8) is 0 Å². The molecule has 0 saturated carbocycles. The third-order valence-electron chi connectivity index (χ3n) is 3.26. The Hall–Kier alpha value is -2.44. The molecule has 1 heterocycles. The lowest BCUT2D eigenvalue weighted by Crippen LogP contribution is -2.45. The second-order valence-electron chi connectivity index (χ2n) is 4.63. The number of nitrogens with one attached hydrogen (secondary N) is 2. The van der Waals surface area contributed by atoms with Gasteiger partial charge in [-0.15, -0.1) is 0 Å². The number of methoxy groups -OCH3 is 2. The van der Waals surface area contributed by atoms with Gasteiger partial charge in [-0.2, -0.15) is 0 Å². The number of benzene rings is 1. The van der Waals surface area contributed by atoms with Crippen LogP contribution in [0.4, 0.5) is 4.79 Å².